The number of nitrogens with two attached hydrogens (primary N) is 1. The van der Waals surface area contributed by atoms with Gasteiger partial charge in [0.1, 0.15) is 30.7 Å². The normalized spacial score (nSPS) is 20.3. The third kappa shape index (κ3) is 33.1. The van der Waals surface area contributed by atoms with Crippen molar-refractivity contribution in [1.82, 2.24) is 9.55 Å². The first-order valence-corrected chi connectivity index (χ1v) is 29.5. The van der Waals surface area contributed by atoms with Gasteiger partial charge in [-0.15, -0.1) is 0 Å². The van der Waals surface area contributed by atoms with Crippen molar-refractivity contribution >= 4 is 33.4 Å². The molecule has 2 unspecified atom stereocenters. The van der Waals surface area contributed by atoms with Crippen molar-refractivity contribution in [2.24, 2.45) is 5.92 Å². The van der Waals surface area contributed by atoms with Crippen molar-refractivity contribution in [2.45, 2.75) is 198 Å². The average Bonchev–Trinajstić information content (AvgIpc) is 3.63. The molecule has 0 spiro atoms. The number of hydrogen-bond acceptors (Lipinski definition) is 17. The minimum absolute atomic E-state index is 0.00573. The number of esters is 2. The highest BCUT2D eigenvalue weighted by Crippen LogP contribution is 2.60. The summed E-state index contributed by atoms with van der Waals surface area (Å²) in [6, 6.07) is 1.23. The van der Waals surface area contributed by atoms with Crippen LogP contribution >= 0.6 is 15.6 Å². The Hall–Kier alpha value is -3.88. The number of nitrogens with zero attached hydrogens (tertiary/aromatic N) is 2. The van der Waals surface area contributed by atoms with E-state index in [0.717, 1.165) is 48.8 Å². The molecule has 0 amide bonds. The van der Waals surface area contributed by atoms with Gasteiger partial charge in [0, 0.05) is 19.0 Å². The van der Waals surface area contributed by atoms with Gasteiger partial charge >= 0.3 is 33.3 Å². The fraction of sp³-hybridized carbons (Fsp3) is 0.660. The molecular weight excluding hydrogens is 1010 g/mol. The lowest BCUT2D eigenvalue weighted by molar-refractivity contribution is -0.161. The van der Waals surface area contributed by atoms with Gasteiger partial charge in [-0.1, -0.05) is 177 Å². The molecule has 2 heterocycles. The highest BCUT2D eigenvalue weighted by Gasteiger charge is 2.46. The van der Waals surface area contributed by atoms with Crippen molar-refractivity contribution in [3.8, 4) is 0 Å². The largest absolute Gasteiger partial charge is 0.481 e. The number of phosphoric ester groups is 2. The summed E-state index contributed by atoms with van der Waals surface area (Å²) in [6.07, 6.45) is 32.0. The lowest BCUT2D eigenvalue weighted by atomic mass is 10.0. The molecule has 75 heavy (non-hydrogen) atoms. The molecule has 1 aromatic rings. The van der Waals surface area contributed by atoms with E-state index in [1.54, 1.807) is 42.5 Å². The summed E-state index contributed by atoms with van der Waals surface area (Å²) >= 11 is 0. The highest BCUT2D eigenvalue weighted by atomic mass is 31.3. The molecule has 9 atom stereocenters. The second kappa shape index (κ2) is 39.5. The third-order valence-corrected chi connectivity index (χ3v) is 14.3. The molecule has 0 bridgehead atoms. The van der Waals surface area contributed by atoms with Crippen LogP contribution in [0.25, 0.3) is 0 Å². The summed E-state index contributed by atoms with van der Waals surface area (Å²) in [7, 11) is -10.9. The Morgan fingerprint density at radius 1 is 0.760 bits per heavy atom. The molecule has 1 aromatic heterocycles. The van der Waals surface area contributed by atoms with E-state index in [-0.39, 0.29) is 18.7 Å². The maximum Gasteiger partial charge on any atom is 0.481 e. The van der Waals surface area contributed by atoms with Crippen molar-refractivity contribution < 1.29 is 76.5 Å². The molecule has 0 aliphatic carbocycles. The Kier molecular flexibility index (Phi) is 35.4. The monoisotopic (exact) mass is 1100 g/mol. The summed E-state index contributed by atoms with van der Waals surface area (Å²) in [6.45, 7) is 4.09. The predicted molar refractivity (Wildman–Crippen MR) is 287 cm³/mol. The number of aromatic nitrogens is 2. The van der Waals surface area contributed by atoms with Crippen LogP contribution in [0.2, 0.25) is 0 Å². The first kappa shape index (κ1) is 67.2. The molecule has 426 valence electrons. The number of aliphatic hydroxyl groups is 4. The second-order valence-electron chi connectivity index (χ2n) is 18.9. The molecule has 8 N–H and O–H groups in total. The molecule has 0 aromatic carbocycles. The summed E-state index contributed by atoms with van der Waals surface area (Å²) in [4.78, 5) is 62.0. The van der Waals surface area contributed by atoms with Crippen LogP contribution in [-0.4, -0.2) is 108 Å². The summed E-state index contributed by atoms with van der Waals surface area (Å²) in [5, 5.41) is 41.0. The molecule has 1 fully saturated rings. The van der Waals surface area contributed by atoms with E-state index in [0.29, 0.717) is 32.1 Å². The van der Waals surface area contributed by atoms with E-state index in [2.05, 4.69) is 23.1 Å². The first-order chi connectivity index (χ1) is 35.8. The van der Waals surface area contributed by atoms with Gasteiger partial charge < -0.3 is 50.2 Å². The van der Waals surface area contributed by atoms with Gasteiger partial charge in [-0.25, -0.2) is 13.9 Å². The number of unbranched alkanes of at least 4 members (excludes halogenated alkanes) is 13. The van der Waals surface area contributed by atoms with Crippen LogP contribution in [0.1, 0.15) is 162 Å². The average molecular weight is 1100 g/mol. The van der Waals surface area contributed by atoms with Crippen LogP contribution in [0, 0.1) is 5.92 Å². The number of hydrogen-bond donors (Lipinski definition) is 7. The van der Waals surface area contributed by atoms with Crippen LogP contribution in [0.15, 0.2) is 90.0 Å². The summed E-state index contributed by atoms with van der Waals surface area (Å²) in [5.41, 5.74) is 4.57. The molecular formula is C53H87N3O17P2. The summed E-state index contributed by atoms with van der Waals surface area (Å²) in [5.74, 6) is -0.723. The minimum Gasteiger partial charge on any atom is -0.462 e. The fourth-order valence-corrected chi connectivity index (χ4v) is 9.64. The molecule has 0 radical (unpaired) electrons. The maximum absolute atomic E-state index is 12.9. The number of aliphatic hydroxyl groups excluding tert-OH is 4. The Bertz CT molecular complexity index is 2090. The number of phosphoric acid groups is 2. The molecule has 2 rings (SSSR count). The van der Waals surface area contributed by atoms with E-state index in [4.69, 9.17) is 29.0 Å². The SMILES string of the molecule is CC/C=C\C[C@@H](O)/C=C/C=C\C/C=C\C=C\[C@@H](O)/C=C\CCCC(=O)OC[C@H](COP(=O)(O)OP(=O)(O)OC[C@H]1O[C@@H](n2ccc(N)nc2=O)[C@H](O)[C@@H]1O)OC(=O)CCCCCCCCCCCCCCCC(C)C. The molecule has 1 saturated heterocycles. The third-order valence-electron chi connectivity index (χ3n) is 11.7. The predicted octanol–water partition coefficient (Wildman–Crippen LogP) is 9.08. The van der Waals surface area contributed by atoms with Gasteiger partial charge in [0.25, 0.3) is 0 Å². The molecule has 20 nitrogen and oxygen atoms in total. The Morgan fingerprint density at radius 3 is 1.99 bits per heavy atom. The number of rotatable bonds is 42. The van der Waals surface area contributed by atoms with Gasteiger partial charge in [0.2, 0.25) is 0 Å². The number of allylic oxidation sites excluding steroid dienone is 8. The summed E-state index contributed by atoms with van der Waals surface area (Å²) < 4.78 is 56.7. The van der Waals surface area contributed by atoms with E-state index >= 15 is 0 Å². The smallest absolute Gasteiger partial charge is 0.462 e. The lowest BCUT2D eigenvalue weighted by Gasteiger charge is -2.21. The molecule has 22 heteroatoms. The van der Waals surface area contributed by atoms with Crippen LogP contribution in [0.5, 0.6) is 0 Å². The lowest BCUT2D eigenvalue weighted by Crippen LogP contribution is -2.36. The van der Waals surface area contributed by atoms with Gasteiger partial charge in [-0.2, -0.15) is 9.29 Å². The molecule has 0 saturated carbocycles. The Labute approximate surface area is 443 Å². The number of nitrogen functional groups attached to an aromatic ring is 1. The Balaban J connectivity index is 1.85. The van der Waals surface area contributed by atoms with Crippen molar-refractivity contribution in [3.63, 3.8) is 0 Å². The van der Waals surface area contributed by atoms with Gasteiger partial charge in [-0.05, 0) is 50.5 Å². The van der Waals surface area contributed by atoms with Crippen molar-refractivity contribution in [2.75, 3.05) is 25.6 Å². The van der Waals surface area contributed by atoms with Gasteiger partial charge in [0.15, 0.2) is 12.3 Å². The molecule has 1 aliphatic rings. The zero-order chi connectivity index (χ0) is 55.3. The van der Waals surface area contributed by atoms with E-state index in [1.807, 2.05) is 37.3 Å². The zero-order valence-electron chi connectivity index (χ0n) is 44.2. The second-order valence-corrected chi connectivity index (χ2v) is 21.9. The van der Waals surface area contributed by atoms with Crippen LogP contribution in [0.3, 0.4) is 0 Å². The van der Waals surface area contributed by atoms with Crippen molar-refractivity contribution in [1.29, 1.82) is 0 Å². The highest BCUT2D eigenvalue weighted by molar-refractivity contribution is 7.61. The molecule has 1 aliphatic heterocycles. The first-order valence-electron chi connectivity index (χ1n) is 26.5. The van der Waals surface area contributed by atoms with Gasteiger partial charge in [-0.3, -0.25) is 23.2 Å². The fourth-order valence-electron chi connectivity index (χ4n) is 7.53. The standard InChI is InChI=1S/C53H87N3O17P2/c1-4-5-23-31-43(57)32-25-19-15-13-16-20-26-33-44(58)34-27-22-29-35-48(59)68-39-45(71-49(60)36-28-21-17-12-10-8-6-7-9-11-14-18-24-30-42(2)3)40-69-74(64,65)73-75(66,67)70-41-46-50(61)51(62)52(72-46)56-38-37-47(54)55-53(56)63/h5,15-16,19-20,23,25-27,32-34,37-38,42-46,50-52,57-58,61-62H,4,6-14,17-18,21-22,24,28-31,35-36,39-41H2,1-3H3,(H,64,65)(H,66,67)(H2,54,55,63)/b19-15-,20-16-,23-5-,32-25+,33-26+,34-27-/t43-,44-,45-,46-,50-,51-,52-/m1/s1. The van der Waals surface area contributed by atoms with E-state index < -0.39 is 95.9 Å². The zero-order valence-corrected chi connectivity index (χ0v) is 46.0. The van der Waals surface area contributed by atoms with Gasteiger partial charge in [0.05, 0.1) is 25.4 Å². The van der Waals surface area contributed by atoms with Crippen LogP contribution in [-0.2, 0) is 46.3 Å². The number of carbonyl (C=O) groups excluding carboxylic acids is 2. The van der Waals surface area contributed by atoms with Crippen molar-refractivity contribution in [3.05, 3.63) is 95.7 Å². The topological polar surface area (TPSA) is 306 Å². The number of ether oxygens (including phenoxy) is 3. The minimum atomic E-state index is -5.47. The van der Waals surface area contributed by atoms with E-state index in [9.17, 15) is 53.7 Å². The van der Waals surface area contributed by atoms with Crippen LogP contribution in [0.4, 0.5) is 5.82 Å². The maximum atomic E-state index is 12.9. The van der Waals surface area contributed by atoms with E-state index in [1.165, 1.54) is 63.9 Å². The Morgan fingerprint density at radius 2 is 1.36 bits per heavy atom. The van der Waals surface area contributed by atoms with Crippen LogP contribution < -0.4 is 11.4 Å². The number of carbonyl (C=O) groups is 2. The number of anilines is 1. The quantitative estimate of drug-likeness (QED) is 0.0105.